The van der Waals surface area contributed by atoms with Gasteiger partial charge in [-0.15, -0.1) is 0 Å². The van der Waals surface area contributed by atoms with Crippen LogP contribution in [0.4, 0.5) is 21.7 Å². The van der Waals surface area contributed by atoms with Crippen LogP contribution in [0.25, 0.3) is 0 Å². The Morgan fingerprint density at radius 1 is 1.19 bits per heavy atom. The zero-order valence-corrected chi connectivity index (χ0v) is 12.4. The fraction of sp³-hybridized carbons (Fsp3) is 0.333. The van der Waals surface area contributed by atoms with Crippen LogP contribution in [-0.2, 0) is 0 Å². The zero-order chi connectivity index (χ0) is 15.2. The number of hydrogen-bond acceptors (Lipinski definition) is 5. The van der Waals surface area contributed by atoms with Crippen molar-refractivity contribution in [3.63, 3.8) is 0 Å². The van der Waals surface area contributed by atoms with Gasteiger partial charge in [-0.25, -0.2) is 14.4 Å². The van der Waals surface area contributed by atoms with Gasteiger partial charge in [-0.2, -0.15) is 0 Å². The van der Waals surface area contributed by atoms with Crippen LogP contribution >= 0.6 is 0 Å². The van der Waals surface area contributed by atoms with E-state index in [-0.39, 0.29) is 5.75 Å². The summed E-state index contributed by atoms with van der Waals surface area (Å²) in [5, 5.41) is 6.34. The van der Waals surface area contributed by atoms with E-state index in [0.29, 0.717) is 17.3 Å². The van der Waals surface area contributed by atoms with Gasteiger partial charge in [-0.05, 0) is 25.5 Å². The van der Waals surface area contributed by atoms with Crippen molar-refractivity contribution in [1.82, 2.24) is 9.97 Å². The highest BCUT2D eigenvalue weighted by Crippen LogP contribution is 2.24. The molecular weight excluding hydrogens is 271 g/mol. The van der Waals surface area contributed by atoms with Crippen molar-refractivity contribution < 1.29 is 9.13 Å². The summed E-state index contributed by atoms with van der Waals surface area (Å²) in [6, 6.07) is 6.39. The van der Waals surface area contributed by atoms with Crippen LogP contribution in [0.5, 0.6) is 5.75 Å². The van der Waals surface area contributed by atoms with E-state index in [1.54, 1.807) is 12.1 Å². The van der Waals surface area contributed by atoms with Crippen molar-refractivity contribution in [2.24, 2.45) is 0 Å². The van der Waals surface area contributed by atoms with Gasteiger partial charge in [0.1, 0.15) is 17.5 Å². The number of benzene rings is 1. The molecule has 0 aliphatic rings. The van der Waals surface area contributed by atoms with Gasteiger partial charge in [0.15, 0.2) is 11.6 Å². The first-order valence-electron chi connectivity index (χ1n) is 6.82. The fourth-order valence-electron chi connectivity index (χ4n) is 1.86. The Kier molecular flexibility index (Phi) is 4.92. The van der Waals surface area contributed by atoms with Crippen LogP contribution < -0.4 is 15.4 Å². The Labute approximate surface area is 123 Å². The highest BCUT2D eigenvalue weighted by Gasteiger charge is 2.06. The molecule has 1 aromatic carbocycles. The number of ether oxygens (including phenoxy) is 1. The standard InChI is InChI=1S/C15H19FN4O/c1-4-7-17-14-9-15(19-10(2)18-14)20-11-5-6-12(16)13(8-11)21-3/h5-6,8-9H,4,7H2,1-3H3,(H2,17,18,19,20). The second-order valence-corrected chi connectivity index (χ2v) is 4.59. The number of aryl methyl sites for hydroxylation is 1. The van der Waals surface area contributed by atoms with E-state index >= 15 is 0 Å². The van der Waals surface area contributed by atoms with Crippen LogP contribution in [0.1, 0.15) is 19.2 Å². The summed E-state index contributed by atoms with van der Waals surface area (Å²) in [6.45, 7) is 4.76. The molecule has 0 saturated carbocycles. The number of methoxy groups -OCH3 is 1. The molecule has 0 fully saturated rings. The molecule has 0 atom stereocenters. The first-order chi connectivity index (χ1) is 10.1. The summed E-state index contributed by atoms with van der Waals surface area (Å²) in [5.41, 5.74) is 0.702. The predicted molar refractivity (Wildman–Crippen MR) is 81.8 cm³/mol. The van der Waals surface area contributed by atoms with Gasteiger partial charge in [0.2, 0.25) is 0 Å². The van der Waals surface area contributed by atoms with Crippen molar-refractivity contribution in [2.75, 3.05) is 24.3 Å². The topological polar surface area (TPSA) is 59.1 Å². The van der Waals surface area contributed by atoms with Crippen LogP contribution in [-0.4, -0.2) is 23.6 Å². The monoisotopic (exact) mass is 290 g/mol. The lowest BCUT2D eigenvalue weighted by Gasteiger charge is -2.11. The molecule has 5 nitrogen and oxygen atoms in total. The summed E-state index contributed by atoms with van der Waals surface area (Å²) < 4.78 is 18.4. The van der Waals surface area contributed by atoms with Crippen molar-refractivity contribution >= 4 is 17.3 Å². The van der Waals surface area contributed by atoms with Gasteiger partial charge < -0.3 is 15.4 Å². The first kappa shape index (κ1) is 15.0. The summed E-state index contributed by atoms with van der Waals surface area (Å²) >= 11 is 0. The highest BCUT2D eigenvalue weighted by atomic mass is 19.1. The maximum atomic E-state index is 13.4. The molecule has 1 heterocycles. The van der Waals surface area contributed by atoms with E-state index in [4.69, 9.17) is 4.74 Å². The number of nitrogens with one attached hydrogen (secondary N) is 2. The summed E-state index contributed by atoms with van der Waals surface area (Å²) in [6.07, 6.45) is 1.01. The molecule has 6 heteroatoms. The van der Waals surface area contributed by atoms with Gasteiger partial charge in [-0.3, -0.25) is 0 Å². The first-order valence-corrected chi connectivity index (χ1v) is 6.82. The van der Waals surface area contributed by atoms with Crippen LogP contribution in [0.2, 0.25) is 0 Å². The van der Waals surface area contributed by atoms with Gasteiger partial charge in [0.25, 0.3) is 0 Å². The molecule has 2 N–H and O–H groups in total. The Morgan fingerprint density at radius 2 is 1.95 bits per heavy atom. The number of rotatable bonds is 6. The molecule has 0 saturated heterocycles. The van der Waals surface area contributed by atoms with E-state index in [1.807, 2.05) is 13.0 Å². The molecule has 1 aromatic heterocycles. The molecular formula is C15H19FN4O. The van der Waals surface area contributed by atoms with Crippen LogP contribution in [0, 0.1) is 12.7 Å². The van der Waals surface area contributed by atoms with E-state index in [1.165, 1.54) is 13.2 Å². The number of halogens is 1. The highest BCUT2D eigenvalue weighted by molar-refractivity contribution is 5.61. The fourth-order valence-corrected chi connectivity index (χ4v) is 1.86. The van der Waals surface area contributed by atoms with Gasteiger partial charge in [0.05, 0.1) is 7.11 Å². The lowest BCUT2D eigenvalue weighted by Crippen LogP contribution is -2.05. The Hall–Kier alpha value is -2.37. The third-order valence-corrected chi connectivity index (χ3v) is 2.82. The minimum absolute atomic E-state index is 0.190. The molecule has 0 bridgehead atoms. The van der Waals surface area contributed by atoms with Crippen molar-refractivity contribution in [2.45, 2.75) is 20.3 Å². The van der Waals surface area contributed by atoms with E-state index in [9.17, 15) is 4.39 Å². The molecule has 2 rings (SSSR count). The number of hydrogen-bond donors (Lipinski definition) is 2. The number of nitrogens with zero attached hydrogens (tertiary/aromatic N) is 2. The Bertz CT molecular complexity index is 619. The van der Waals surface area contributed by atoms with E-state index < -0.39 is 5.82 Å². The molecule has 0 aliphatic heterocycles. The maximum absolute atomic E-state index is 13.4. The predicted octanol–water partition coefficient (Wildman–Crippen LogP) is 3.50. The van der Waals surface area contributed by atoms with Crippen molar-refractivity contribution in [3.05, 3.63) is 35.9 Å². The van der Waals surface area contributed by atoms with E-state index in [0.717, 1.165) is 18.8 Å². The smallest absolute Gasteiger partial charge is 0.165 e. The van der Waals surface area contributed by atoms with Crippen molar-refractivity contribution in [1.29, 1.82) is 0 Å². The van der Waals surface area contributed by atoms with Gasteiger partial charge in [0, 0.05) is 24.4 Å². The second kappa shape index (κ2) is 6.88. The Morgan fingerprint density at radius 3 is 2.67 bits per heavy atom. The van der Waals surface area contributed by atoms with Crippen LogP contribution in [0.3, 0.4) is 0 Å². The molecule has 0 unspecified atom stereocenters. The average Bonchev–Trinajstić information content (AvgIpc) is 2.46. The molecule has 21 heavy (non-hydrogen) atoms. The minimum Gasteiger partial charge on any atom is -0.494 e. The molecule has 2 aromatic rings. The molecule has 0 amide bonds. The normalized spacial score (nSPS) is 10.3. The lowest BCUT2D eigenvalue weighted by molar-refractivity contribution is 0.387. The average molecular weight is 290 g/mol. The zero-order valence-electron chi connectivity index (χ0n) is 12.4. The summed E-state index contributed by atoms with van der Waals surface area (Å²) in [4.78, 5) is 8.63. The maximum Gasteiger partial charge on any atom is 0.165 e. The summed E-state index contributed by atoms with van der Waals surface area (Å²) in [5.74, 6) is 1.87. The lowest BCUT2D eigenvalue weighted by atomic mass is 10.3. The van der Waals surface area contributed by atoms with E-state index in [2.05, 4.69) is 27.5 Å². The molecule has 0 spiro atoms. The quantitative estimate of drug-likeness (QED) is 0.852. The van der Waals surface area contributed by atoms with Crippen molar-refractivity contribution in [3.8, 4) is 5.75 Å². The largest absolute Gasteiger partial charge is 0.494 e. The Balaban J connectivity index is 2.20. The number of anilines is 3. The second-order valence-electron chi connectivity index (χ2n) is 4.59. The third-order valence-electron chi connectivity index (χ3n) is 2.82. The molecule has 0 radical (unpaired) electrons. The van der Waals surface area contributed by atoms with Gasteiger partial charge >= 0.3 is 0 Å². The molecule has 112 valence electrons. The molecule has 0 aliphatic carbocycles. The third kappa shape index (κ3) is 4.05. The van der Waals surface area contributed by atoms with Crippen LogP contribution in [0.15, 0.2) is 24.3 Å². The SMILES string of the molecule is CCCNc1cc(Nc2ccc(F)c(OC)c2)nc(C)n1. The van der Waals surface area contributed by atoms with Gasteiger partial charge in [-0.1, -0.05) is 6.92 Å². The minimum atomic E-state index is -0.396. The number of aromatic nitrogens is 2. The summed E-state index contributed by atoms with van der Waals surface area (Å²) in [7, 11) is 1.43.